The maximum atomic E-state index is 10.6. The Hall–Kier alpha value is 0.711. The van der Waals surface area contributed by atoms with E-state index in [2.05, 4.69) is 84.4 Å². The zero-order chi connectivity index (χ0) is 54.9. The molecule has 2 rings (SSSR count). The highest BCUT2D eigenvalue weighted by atomic mass is 31.1. The summed E-state index contributed by atoms with van der Waals surface area (Å²) in [4.78, 5) is 4.55. The number of aliphatic hydroxyl groups excluding tert-OH is 2. The lowest BCUT2D eigenvalue weighted by Gasteiger charge is -2.31. The number of nitrogens with one attached hydrogen (secondary N) is 1. The van der Waals surface area contributed by atoms with E-state index in [-0.39, 0.29) is 57.6 Å². The summed E-state index contributed by atoms with van der Waals surface area (Å²) < 4.78 is 82.5. The summed E-state index contributed by atoms with van der Waals surface area (Å²) >= 11 is 0. The maximum absolute atomic E-state index is 10.6. The third-order valence-corrected chi connectivity index (χ3v) is 23.4. The molecule has 0 aliphatic carbocycles. The van der Waals surface area contributed by atoms with Crippen LogP contribution in [0.25, 0.3) is 0 Å². The van der Waals surface area contributed by atoms with Gasteiger partial charge in [0.25, 0.3) is 0 Å². The summed E-state index contributed by atoms with van der Waals surface area (Å²) in [7, 11) is 8.03. The highest BCUT2D eigenvalue weighted by molar-refractivity contribution is 7.54. The van der Waals surface area contributed by atoms with Gasteiger partial charge < -0.3 is 93.2 Å². The van der Waals surface area contributed by atoms with Crippen LogP contribution in [0.15, 0.2) is 0 Å². The van der Waals surface area contributed by atoms with Crippen LogP contribution < -0.4 is 5.32 Å². The van der Waals surface area contributed by atoms with Gasteiger partial charge in [0.15, 0.2) is 0 Å². The first-order chi connectivity index (χ1) is 34.0. The van der Waals surface area contributed by atoms with Crippen molar-refractivity contribution in [1.29, 1.82) is 0 Å². The summed E-state index contributed by atoms with van der Waals surface area (Å²) in [6.45, 7) is 32.0. The highest BCUT2D eigenvalue weighted by Crippen LogP contribution is 2.47. The van der Waals surface area contributed by atoms with Gasteiger partial charge in [-0.3, -0.25) is 0 Å². The van der Waals surface area contributed by atoms with Crippen LogP contribution in [0.4, 0.5) is 0 Å². The summed E-state index contributed by atoms with van der Waals surface area (Å²) in [5.74, 6) is 1.06. The Morgan fingerprint density at radius 3 is 1.12 bits per heavy atom. The molecule has 2 aliphatic heterocycles. The third-order valence-electron chi connectivity index (χ3n) is 11.9. The second-order valence-electron chi connectivity index (χ2n) is 20.2. The summed E-state index contributed by atoms with van der Waals surface area (Å²) in [6, 6.07) is 2.26. The molecule has 0 amide bonds. The second kappa shape index (κ2) is 45.3. The Morgan fingerprint density at radius 2 is 0.853 bits per heavy atom. The van der Waals surface area contributed by atoms with Crippen molar-refractivity contribution < 1.29 is 78.0 Å². The van der Waals surface area contributed by atoms with Crippen LogP contribution in [-0.2, 0) is 67.8 Å². The van der Waals surface area contributed by atoms with E-state index in [9.17, 15) is 10.2 Å². The first-order valence-corrected chi connectivity index (χ1v) is 33.3. The molecule has 0 radical (unpaired) electrons. The van der Waals surface area contributed by atoms with Gasteiger partial charge in [-0.2, -0.15) is 0 Å². The average Bonchev–Trinajstić information content (AvgIpc) is 4.31. The molecule has 2 heterocycles. The fourth-order valence-electron chi connectivity index (χ4n) is 7.58. The van der Waals surface area contributed by atoms with Gasteiger partial charge in [0.05, 0.1) is 65.1 Å². The molecule has 2 fully saturated rings. The number of ether oxygens (including phenoxy) is 4. The summed E-state index contributed by atoms with van der Waals surface area (Å²) in [6.07, 6.45) is -0.492. The van der Waals surface area contributed by atoms with Crippen molar-refractivity contribution in [3.05, 3.63) is 0 Å². The number of epoxide rings is 2. The molecule has 2 aliphatic rings. The highest BCUT2D eigenvalue weighted by Gasteiger charge is 2.41. The summed E-state index contributed by atoms with van der Waals surface area (Å²) in [5, 5.41) is 24.6. The van der Waals surface area contributed by atoms with E-state index in [1.165, 1.54) is 0 Å². The predicted molar refractivity (Wildman–Crippen MR) is 315 cm³/mol. The lowest BCUT2D eigenvalue weighted by Crippen LogP contribution is -2.46. The van der Waals surface area contributed by atoms with Crippen LogP contribution in [0.1, 0.15) is 91.5 Å². The van der Waals surface area contributed by atoms with Gasteiger partial charge in [-0.1, -0.05) is 77.7 Å². The molecule has 2 saturated heterocycles. The van der Waals surface area contributed by atoms with Crippen molar-refractivity contribution in [1.82, 2.24) is 15.1 Å². The molecule has 0 aromatic heterocycles. The Labute approximate surface area is 466 Å². The van der Waals surface area contributed by atoms with Crippen LogP contribution in [0.3, 0.4) is 0 Å². The minimum atomic E-state index is -2.64. The third kappa shape index (κ3) is 38.9. The van der Waals surface area contributed by atoms with Gasteiger partial charge >= 0.3 is 26.4 Å². The van der Waals surface area contributed by atoms with Crippen LogP contribution in [0.5, 0.6) is 0 Å². The van der Waals surface area contributed by atoms with Crippen molar-refractivity contribution in [3.63, 3.8) is 0 Å². The van der Waals surface area contributed by atoms with Crippen molar-refractivity contribution in [2.24, 2.45) is 23.2 Å². The van der Waals surface area contributed by atoms with Crippen LogP contribution in [0.2, 0.25) is 18.1 Å². The van der Waals surface area contributed by atoms with Crippen molar-refractivity contribution in [2.75, 3.05) is 169 Å². The average molecular weight is 1180 g/mol. The molecule has 9 atom stereocenters. The van der Waals surface area contributed by atoms with Crippen molar-refractivity contribution in [3.8, 4) is 0 Å². The van der Waals surface area contributed by atoms with E-state index in [1.54, 1.807) is 64.0 Å². The second-order valence-corrected chi connectivity index (χ2v) is 33.2. The molecular weight excluding hydrogens is 1060 g/mol. The number of nitrogens with zero attached hydrogens (tertiary/aromatic N) is 2. The fourth-order valence-corrected chi connectivity index (χ4v) is 15.4. The SMILES string of the molecule is C.C.C.CC(C)(POCC1CO1)POCC1CO1.CCN(CC(C)C[Si](OC)(OC)OC)CC(O)COCC(C)(C)COCC(O)CN(CC)CC(C)C[Si](OC)(OC)OC.CCNCC(C)C[Si](OC)(OC)OC. The molecular formula is C50H119N3O17P2Si3. The van der Waals surface area contributed by atoms with Gasteiger partial charge in [0.1, 0.15) is 12.2 Å². The quantitative estimate of drug-likeness (QED) is 0.0314. The first-order valence-electron chi connectivity index (χ1n) is 25.7. The Morgan fingerprint density at radius 1 is 0.547 bits per heavy atom. The molecule has 75 heavy (non-hydrogen) atoms. The van der Waals surface area contributed by atoms with E-state index in [1.807, 2.05) is 0 Å². The Balaban J connectivity index is -0.000000636. The normalized spacial score (nSPS) is 18.1. The molecule has 3 N–H and O–H groups in total. The summed E-state index contributed by atoms with van der Waals surface area (Å²) in [5.41, 5.74) is -0.264. The lowest BCUT2D eigenvalue weighted by molar-refractivity contribution is -0.0530. The zero-order valence-corrected chi connectivity index (χ0v) is 53.4. The molecule has 0 bridgehead atoms. The van der Waals surface area contributed by atoms with Gasteiger partial charge in [-0.15, -0.1) is 0 Å². The van der Waals surface area contributed by atoms with Crippen LogP contribution in [0, 0.1) is 23.2 Å². The number of hydrogen-bond acceptors (Lipinski definition) is 20. The Kier molecular flexibility index (Phi) is 49.6. The molecule has 9 unspecified atom stereocenters. The topological polar surface area (TPSA) is 204 Å². The molecule has 0 aromatic carbocycles. The number of aliphatic hydroxyl groups is 2. The standard InChI is InChI=1S/C29H66N2O10Si2.C9H23NO3Si.C9H18O4P2.3CH4/c1-13-30(15-25(3)21-42(34-7,35-8)36-9)17-27(32)19-40-23-29(5,6)24-41-20-28(33)18-31(14-2)16-26(4)22-43(37-10,38-11)39-12;1-6-10-7-9(2)8-14(11-3,12-4)13-5;1-9(2,14-12-5-7-3-10-7)15-13-6-8-4-11-8;;;/h25-28,32-33H,13-24H2,1-12H3;9-10H,6-8H2,1-5H3;7-8,14-15H,3-6H2,1-2H3;3*1H4. The molecule has 20 nitrogen and oxygen atoms in total. The van der Waals surface area contributed by atoms with Gasteiger partial charge in [0, 0.05) is 136 Å². The molecule has 0 spiro atoms. The number of hydrogen-bond donors (Lipinski definition) is 3. The largest absolute Gasteiger partial charge is 0.500 e. The Bertz CT molecular complexity index is 1200. The zero-order valence-electron chi connectivity index (χ0n) is 48.4. The molecule has 0 saturated carbocycles. The van der Waals surface area contributed by atoms with E-state index in [0.717, 1.165) is 71.7 Å². The minimum Gasteiger partial charge on any atom is -0.389 e. The first kappa shape index (κ1) is 82.2. The maximum Gasteiger partial charge on any atom is 0.500 e. The van der Waals surface area contributed by atoms with Gasteiger partial charge in [-0.05, 0) is 57.8 Å². The monoisotopic (exact) mass is 1180 g/mol. The van der Waals surface area contributed by atoms with Crippen LogP contribution in [-0.4, -0.2) is 245 Å². The van der Waals surface area contributed by atoms with Gasteiger partial charge in [0.2, 0.25) is 0 Å². The fraction of sp³-hybridized carbons (Fsp3) is 1.00. The smallest absolute Gasteiger partial charge is 0.389 e. The number of likely N-dealkylation sites (N-methyl/N-ethyl adjacent to an activating group) is 2. The van der Waals surface area contributed by atoms with E-state index in [0.29, 0.717) is 74.1 Å². The van der Waals surface area contributed by atoms with Crippen molar-refractivity contribution in [2.45, 2.75) is 139 Å². The van der Waals surface area contributed by atoms with Crippen LogP contribution >= 0.6 is 17.6 Å². The van der Waals surface area contributed by atoms with E-state index < -0.39 is 38.6 Å². The minimum absolute atomic E-state index is 0. The van der Waals surface area contributed by atoms with Gasteiger partial charge in [-0.25, -0.2) is 0 Å². The van der Waals surface area contributed by atoms with E-state index >= 15 is 0 Å². The molecule has 0 aromatic rings. The number of rotatable bonds is 44. The van der Waals surface area contributed by atoms with E-state index in [4.69, 9.17) is 67.8 Å². The lowest BCUT2D eigenvalue weighted by atomic mass is 9.96. The molecule has 25 heteroatoms. The molecule has 458 valence electrons. The van der Waals surface area contributed by atoms with Crippen molar-refractivity contribution >= 4 is 44.0 Å². The predicted octanol–water partition coefficient (Wildman–Crippen LogP) is 7.20.